The van der Waals surface area contributed by atoms with Gasteiger partial charge < -0.3 is 4.90 Å². The van der Waals surface area contributed by atoms with E-state index >= 15 is 0 Å². The van der Waals surface area contributed by atoms with Crippen molar-refractivity contribution in [3.63, 3.8) is 0 Å². The number of anilines is 1. The smallest absolute Gasteiger partial charge is 0.293 e. The van der Waals surface area contributed by atoms with Crippen LogP contribution in [0.1, 0.15) is 10.4 Å². The van der Waals surface area contributed by atoms with Gasteiger partial charge in [-0.2, -0.15) is 11.8 Å². The molecule has 2 rings (SSSR count). The lowest BCUT2D eigenvalue weighted by molar-refractivity contribution is -0.384. The summed E-state index contributed by atoms with van der Waals surface area (Å²) in [6.07, 6.45) is 0. The fourth-order valence-electron chi connectivity index (χ4n) is 1.97. The number of benzene rings is 1. The molecule has 1 aromatic carbocycles. The summed E-state index contributed by atoms with van der Waals surface area (Å²) in [6, 6.07) is 4.42. The van der Waals surface area contributed by atoms with Gasteiger partial charge in [-0.3, -0.25) is 20.3 Å². The Kier molecular flexibility index (Phi) is 4.23. The van der Waals surface area contributed by atoms with Gasteiger partial charge in [0.25, 0.3) is 11.6 Å². The zero-order valence-corrected chi connectivity index (χ0v) is 11.0. The first-order chi connectivity index (χ1) is 9.13. The van der Waals surface area contributed by atoms with Gasteiger partial charge in [0.2, 0.25) is 0 Å². The Morgan fingerprint density at radius 1 is 1.42 bits per heavy atom. The summed E-state index contributed by atoms with van der Waals surface area (Å²) < 4.78 is 0. The van der Waals surface area contributed by atoms with Crippen LogP contribution < -0.4 is 16.2 Å². The molecule has 7 nitrogen and oxygen atoms in total. The lowest BCUT2D eigenvalue weighted by Crippen LogP contribution is -2.33. The molecule has 0 bridgehead atoms. The molecule has 19 heavy (non-hydrogen) atoms. The molecule has 0 radical (unpaired) electrons. The maximum Gasteiger partial charge on any atom is 0.293 e. The van der Waals surface area contributed by atoms with Gasteiger partial charge in [0, 0.05) is 36.2 Å². The van der Waals surface area contributed by atoms with E-state index in [2.05, 4.69) is 0 Å². The van der Waals surface area contributed by atoms with Crippen LogP contribution >= 0.6 is 11.8 Å². The van der Waals surface area contributed by atoms with E-state index in [4.69, 9.17) is 5.84 Å². The number of amides is 1. The van der Waals surface area contributed by atoms with Crippen LogP contribution in [0.5, 0.6) is 0 Å². The molecule has 0 spiro atoms. The first-order valence-corrected chi connectivity index (χ1v) is 6.91. The van der Waals surface area contributed by atoms with Crippen LogP contribution in [-0.2, 0) is 0 Å². The van der Waals surface area contributed by atoms with Gasteiger partial charge in [0.05, 0.1) is 4.92 Å². The second-order valence-electron chi connectivity index (χ2n) is 4.03. The van der Waals surface area contributed by atoms with E-state index in [0.717, 1.165) is 24.6 Å². The van der Waals surface area contributed by atoms with E-state index in [-0.39, 0.29) is 11.3 Å². The van der Waals surface area contributed by atoms with Crippen molar-refractivity contribution in [3.8, 4) is 0 Å². The van der Waals surface area contributed by atoms with Gasteiger partial charge in [-0.25, -0.2) is 5.84 Å². The van der Waals surface area contributed by atoms with Crippen molar-refractivity contribution in [2.75, 3.05) is 29.5 Å². The van der Waals surface area contributed by atoms with Crippen LogP contribution in [0.2, 0.25) is 0 Å². The maximum absolute atomic E-state index is 11.4. The third-order valence-electron chi connectivity index (χ3n) is 2.92. The molecule has 0 aromatic heterocycles. The van der Waals surface area contributed by atoms with Gasteiger partial charge in [-0.1, -0.05) is 0 Å². The van der Waals surface area contributed by atoms with Gasteiger partial charge in [0.15, 0.2) is 0 Å². The van der Waals surface area contributed by atoms with E-state index in [0.29, 0.717) is 5.69 Å². The van der Waals surface area contributed by atoms with Crippen molar-refractivity contribution in [1.29, 1.82) is 0 Å². The third kappa shape index (κ3) is 2.96. The minimum Gasteiger partial charge on any atom is -0.364 e. The monoisotopic (exact) mass is 282 g/mol. The zero-order chi connectivity index (χ0) is 13.8. The Labute approximate surface area is 114 Å². The summed E-state index contributed by atoms with van der Waals surface area (Å²) in [5.74, 6) is 6.38. The van der Waals surface area contributed by atoms with E-state index in [9.17, 15) is 14.9 Å². The standard InChI is InChI=1S/C11H14N4O3S/c12-13-11(16)8-1-2-9(10(7-8)15(17)18)14-3-5-19-6-4-14/h1-2,7H,3-6,12H2,(H,13,16). The topological polar surface area (TPSA) is 102 Å². The van der Waals surface area contributed by atoms with Crippen LogP contribution in [-0.4, -0.2) is 35.4 Å². The second-order valence-corrected chi connectivity index (χ2v) is 5.26. The van der Waals surface area contributed by atoms with Crippen molar-refractivity contribution >= 4 is 29.0 Å². The second kappa shape index (κ2) is 5.89. The Morgan fingerprint density at radius 3 is 2.68 bits per heavy atom. The Balaban J connectivity index is 2.37. The summed E-state index contributed by atoms with van der Waals surface area (Å²) in [7, 11) is 0. The van der Waals surface area contributed by atoms with Gasteiger partial charge in [-0.05, 0) is 12.1 Å². The molecule has 102 valence electrons. The third-order valence-corrected chi connectivity index (χ3v) is 3.86. The van der Waals surface area contributed by atoms with Crippen molar-refractivity contribution in [3.05, 3.63) is 33.9 Å². The number of carbonyl (C=O) groups is 1. The number of hydrazine groups is 1. The highest BCUT2D eigenvalue weighted by molar-refractivity contribution is 7.99. The summed E-state index contributed by atoms with van der Waals surface area (Å²) >= 11 is 1.83. The number of nitro groups is 1. The predicted octanol–water partition coefficient (Wildman–Crippen LogP) is 0.751. The SMILES string of the molecule is NNC(=O)c1ccc(N2CCSCC2)c([N+](=O)[O-])c1. The lowest BCUT2D eigenvalue weighted by atomic mass is 10.1. The Hall–Kier alpha value is -1.80. The van der Waals surface area contributed by atoms with Crippen molar-refractivity contribution < 1.29 is 9.72 Å². The highest BCUT2D eigenvalue weighted by Crippen LogP contribution is 2.30. The van der Waals surface area contributed by atoms with Gasteiger partial charge >= 0.3 is 0 Å². The summed E-state index contributed by atoms with van der Waals surface area (Å²) in [4.78, 5) is 24.0. The molecule has 0 unspecified atom stereocenters. The average Bonchev–Trinajstić information content (AvgIpc) is 2.46. The number of nitrogen functional groups attached to an aromatic ring is 1. The van der Waals surface area contributed by atoms with Crippen LogP contribution in [0.3, 0.4) is 0 Å². The quantitative estimate of drug-likeness (QED) is 0.367. The first-order valence-electron chi connectivity index (χ1n) is 5.75. The normalized spacial score (nSPS) is 15.1. The van der Waals surface area contributed by atoms with E-state index in [1.54, 1.807) is 12.1 Å². The molecular formula is C11H14N4O3S. The minimum absolute atomic E-state index is 0.0620. The van der Waals surface area contributed by atoms with Gasteiger partial charge in [0.1, 0.15) is 5.69 Å². The molecule has 1 aliphatic heterocycles. The molecule has 1 aliphatic rings. The van der Waals surface area contributed by atoms with E-state index in [1.165, 1.54) is 6.07 Å². The highest BCUT2D eigenvalue weighted by atomic mass is 32.2. The first kappa shape index (κ1) is 13.6. The molecule has 1 aromatic rings. The predicted molar refractivity (Wildman–Crippen MR) is 74.3 cm³/mol. The number of nitrogens with zero attached hydrogens (tertiary/aromatic N) is 2. The molecule has 3 N–H and O–H groups in total. The number of hydrogen-bond donors (Lipinski definition) is 2. The van der Waals surface area contributed by atoms with Crippen LogP contribution in [0.4, 0.5) is 11.4 Å². The number of thioether (sulfide) groups is 1. The molecule has 1 fully saturated rings. The van der Waals surface area contributed by atoms with Crippen molar-refractivity contribution in [2.24, 2.45) is 5.84 Å². The number of carbonyl (C=O) groups excluding carboxylic acids is 1. The average molecular weight is 282 g/mol. The summed E-state index contributed by atoms with van der Waals surface area (Å²) in [5.41, 5.74) is 2.64. The van der Waals surface area contributed by atoms with Crippen molar-refractivity contribution in [2.45, 2.75) is 0 Å². The largest absolute Gasteiger partial charge is 0.364 e. The number of nitrogens with one attached hydrogen (secondary N) is 1. The van der Waals surface area contributed by atoms with Crippen LogP contribution in [0, 0.1) is 10.1 Å². The fraction of sp³-hybridized carbons (Fsp3) is 0.364. The fourth-order valence-corrected chi connectivity index (χ4v) is 2.87. The summed E-state index contributed by atoms with van der Waals surface area (Å²) in [5, 5.41) is 11.1. The van der Waals surface area contributed by atoms with Gasteiger partial charge in [-0.15, -0.1) is 0 Å². The zero-order valence-electron chi connectivity index (χ0n) is 10.2. The molecule has 0 saturated carbocycles. The molecule has 1 saturated heterocycles. The molecule has 1 amide bonds. The maximum atomic E-state index is 11.4. The number of rotatable bonds is 3. The van der Waals surface area contributed by atoms with E-state index < -0.39 is 10.8 Å². The Morgan fingerprint density at radius 2 is 2.11 bits per heavy atom. The van der Waals surface area contributed by atoms with Crippen molar-refractivity contribution in [1.82, 2.24) is 5.43 Å². The number of nitrogens with two attached hydrogens (primary N) is 1. The number of nitro benzene ring substituents is 1. The van der Waals surface area contributed by atoms with E-state index in [1.807, 2.05) is 22.1 Å². The lowest BCUT2D eigenvalue weighted by Gasteiger charge is -2.28. The molecule has 0 aliphatic carbocycles. The molecule has 1 heterocycles. The highest BCUT2D eigenvalue weighted by Gasteiger charge is 2.22. The van der Waals surface area contributed by atoms with Crippen LogP contribution in [0.25, 0.3) is 0 Å². The molecule has 0 atom stereocenters. The minimum atomic E-state index is -0.538. The Bertz CT molecular complexity index is 503. The van der Waals surface area contributed by atoms with Crippen LogP contribution in [0.15, 0.2) is 18.2 Å². The summed E-state index contributed by atoms with van der Waals surface area (Å²) in [6.45, 7) is 1.54. The number of hydrogen-bond acceptors (Lipinski definition) is 6. The molecular weight excluding hydrogens is 268 g/mol. The molecule has 8 heteroatoms.